The van der Waals surface area contributed by atoms with Crippen LogP contribution in [0.3, 0.4) is 0 Å². The smallest absolute Gasteiger partial charge is 0.412 e. The third kappa shape index (κ3) is 4.45. The molecule has 1 saturated heterocycles. The number of hydrogen-bond acceptors (Lipinski definition) is 4. The molecule has 1 aliphatic heterocycles. The third-order valence-corrected chi connectivity index (χ3v) is 3.68. The van der Waals surface area contributed by atoms with Crippen molar-refractivity contribution in [1.29, 1.82) is 0 Å². The van der Waals surface area contributed by atoms with Crippen LogP contribution in [0.15, 0.2) is 18.2 Å². The molecule has 126 valence electrons. The first-order valence-corrected chi connectivity index (χ1v) is 7.80. The van der Waals surface area contributed by atoms with Gasteiger partial charge in [-0.15, -0.1) is 0 Å². The molecule has 1 unspecified atom stereocenters. The van der Waals surface area contributed by atoms with Gasteiger partial charge in [0.05, 0.1) is 0 Å². The normalized spacial score (nSPS) is 18.2. The number of nitrogens with one attached hydrogen (secondary N) is 1. The van der Waals surface area contributed by atoms with Crippen molar-refractivity contribution in [2.75, 3.05) is 23.3 Å². The van der Waals surface area contributed by atoms with E-state index in [4.69, 9.17) is 10.5 Å². The molecule has 1 atom stereocenters. The highest BCUT2D eigenvalue weighted by molar-refractivity contribution is 5.97. The first-order chi connectivity index (χ1) is 10.7. The molecule has 23 heavy (non-hydrogen) atoms. The van der Waals surface area contributed by atoms with Crippen molar-refractivity contribution in [3.05, 3.63) is 23.8 Å². The standard InChI is InChI=1S/C17H25N3O3/c1-11-5-6-13(19-16(22)23-17(2,3)4)8-14(11)20-10-12(9-18)7-15(20)21/h5-6,8,12H,7,9-10,18H2,1-4H3,(H,19,22). The first-order valence-electron chi connectivity index (χ1n) is 7.80. The Kier molecular flexibility index (Phi) is 4.94. The molecule has 0 spiro atoms. The summed E-state index contributed by atoms with van der Waals surface area (Å²) < 4.78 is 5.25. The summed E-state index contributed by atoms with van der Waals surface area (Å²) >= 11 is 0. The lowest BCUT2D eigenvalue weighted by Crippen LogP contribution is -2.28. The number of rotatable bonds is 3. The van der Waals surface area contributed by atoms with Gasteiger partial charge in [0.25, 0.3) is 0 Å². The minimum Gasteiger partial charge on any atom is -0.444 e. The maximum absolute atomic E-state index is 12.2. The van der Waals surface area contributed by atoms with E-state index < -0.39 is 11.7 Å². The summed E-state index contributed by atoms with van der Waals surface area (Å²) in [5.74, 6) is 0.252. The Hall–Kier alpha value is -2.08. The molecule has 2 amide bonds. The van der Waals surface area contributed by atoms with Gasteiger partial charge in [0.2, 0.25) is 5.91 Å². The third-order valence-electron chi connectivity index (χ3n) is 3.68. The number of amides is 2. The molecule has 6 heteroatoms. The van der Waals surface area contributed by atoms with Crippen LogP contribution in [0.25, 0.3) is 0 Å². The molecule has 1 fully saturated rings. The molecule has 0 bridgehead atoms. The minimum absolute atomic E-state index is 0.0676. The molecule has 1 heterocycles. The Morgan fingerprint density at radius 2 is 2.13 bits per heavy atom. The minimum atomic E-state index is -0.559. The van der Waals surface area contributed by atoms with Crippen LogP contribution in [0.1, 0.15) is 32.8 Å². The first kappa shape index (κ1) is 17.3. The number of ether oxygens (including phenoxy) is 1. The summed E-state index contributed by atoms with van der Waals surface area (Å²) in [6, 6.07) is 5.48. The van der Waals surface area contributed by atoms with E-state index in [9.17, 15) is 9.59 Å². The Bertz CT molecular complexity index is 608. The van der Waals surface area contributed by atoms with Gasteiger partial charge >= 0.3 is 6.09 Å². The number of nitrogens with zero attached hydrogens (tertiary/aromatic N) is 1. The number of carbonyl (C=O) groups is 2. The fourth-order valence-corrected chi connectivity index (χ4v) is 2.57. The van der Waals surface area contributed by atoms with E-state index in [2.05, 4.69) is 5.32 Å². The fourth-order valence-electron chi connectivity index (χ4n) is 2.57. The van der Waals surface area contributed by atoms with E-state index in [1.807, 2.05) is 33.8 Å². The molecule has 1 aromatic carbocycles. The maximum atomic E-state index is 12.2. The van der Waals surface area contributed by atoms with Crippen LogP contribution in [0, 0.1) is 12.8 Å². The fraction of sp³-hybridized carbons (Fsp3) is 0.529. The zero-order valence-corrected chi connectivity index (χ0v) is 14.2. The highest BCUT2D eigenvalue weighted by atomic mass is 16.6. The number of benzene rings is 1. The van der Waals surface area contributed by atoms with Gasteiger partial charge in [-0.05, 0) is 57.9 Å². The van der Waals surface area contributed by atoms with E-state index in [0.717, 1.165) is 11.3 Å². The van der Waals surface area contributed by atoms with E-state index in [0.29, 0.717) is 25.2 Å². The van der Waals surface area contributed by atoms with Crippen molar-refractivity contribution in [2.45, 2.75) is 39.7 Å². The maximum Gasteiger partial charge on any atom is 0.412 e. The van der Waals surface area contributed by atoms with Crippen LogP contribution >= 0.6 is 0 Å². The van der Waals surface area contributed by atoms with Crippen LogP contribution < -0.4 is 16.0 Å². The second kappa shape index (κ2) is 6.58. The summed E-state index contributed by atoms with van der Waals surface area (Å²) in [4.78, 5) is 25.8. The van der Waals surface area contributed by atoms with Gasteiger partial charge in [0.1, 0.15) is 5.60 Å². The Balaban J connectivity index is 2.16. The predicted octanol–water partition coefficient (Wildman–Crippen LogP) is 2.65. The Morgan fingerprint density at radius 1 is 1.43 bits per heavy atom. The van der Waals surface area contributed by atoms with Crippen molar-refractivity contribution in [3.8, 4) is 0 Å². The SMILES string of the molecule is Cc1ccc(NC(=O)OC(C)(C)C)cc1N1CC(CN)CC1=O. The lowest BCUT2D eigenvalue weighted by atomic mass is 10.1. The van der Waals surface area contributed by atoms with Crippen molar-refractivity contribution in [1.82, 2.24) is 0 Å². The zero-order valence-electron chi connectivity index (χ0n) is 14.2. The quantitative estimate of drug-likeness (QED) is 0.897. The van der Waals surface area contributed by atoms with Gasteiger partial charge < -0.3 is 15.4 Å². The average Bonchev–Trinajstić information content (AvgIpc) is 2.80. The highest BCUT2D eigenvalue weighted by Crippen LogP contribution is 2.30. The number of nitrogens with two attached hydrogens (primary N) is 1. The monoisotopic (exact) mass is 319 g/mol. The van der Waals surface area contributed by atoms with E-state index in [1.165, 1.54) is 0 Å². The van der Waals surface area contributed by atoms with Gasteiger partial charge in [-0.2, -0.15) is 0 Å². The van der Waals surface area contributed by atoms with Crippen LogP contribution in [-0.4, -0.2) is 30.7 Å². The van der Waals surface area contributed by atoms with Gasteiger partial charge in [0, 0.05) is 24.3 Å². The molecule has 3 N–H and O–H groups in total. The lowest BCUT2D eigenvalue weighted by Gasteiger charge is -2.22. The van der Waals surface area contributed by atoms with Gasteiger partial charge in [0.15, 0.2) is 0 Å². The van der Waals surface area contributed by atoms with Crippen LogP contribution in [-0.2, 0) is 9.53 Å². The highest BCUT2D eigenvalue weighted by Gasteiger charge is 2.30. The van der Waals surface area contributed by atoms with E-state index >= 15 is 0 Å². The number of hydrogen-bond donors (Lipinski definition) is 2. The molecule has 0 aliphatic carbocycles. The average molecular weight is 319 g/mol. The summed E-state index contributed by atoms with van der Waals surface area (Å²) in [5, 5.41) is 2.71. The summed E-state index contributed by atoms with van der Waals surface area (Å²) in [5.41, 5.74) is 7.50. The van der Waals surface area contributed by atoms with Crippen molar-refractivity contribution < 1.29 is 14.3 Å². The van der Waals surface area contributed by atoms with Crippen LogP contribution in [0.4, 0.5) is 16.2 Å². The summed E-state index contributed by atoms with van der Waals surface area (Å²) in [7, 11) is 0. The number of aryl methyl sites for hydroxylation is 1. The topological polar surface area (TPSA) is 84.7 Å². The van der Waals surface area contributed by atoms with Crippen molar-refractivity contribution >= 4 is 23.4 Å². The van der Waals surface area contributed by atoms with Gasteiger partial charge in [-0.3, -0.25) is 10.1 Å². The van der Waals surface area contributed by atoms with E-state index in [1.54, 1.807) is 17.0 Å². The molecular weight excluding hydrogens is 294 g/mol. The zero-order chi connectivity index (χ0) is 17.2. The van der Waals surface area contributed by atoms with E-state index in [-0.39, 0.29) is 11.8 Å². The van der Waals surface area contributed by atoms with Crippen LogP contribution in [0.2, 0.25) is 0 Å². The molecule has 0 aromatic heterocycles. The molecule has 2 rings (SSSR count). The van der Waals surface area contributed by atoms with Gasteiger partial charge in [-0.1, -0.05) is 6.07 Å². The summed E-state index contributed by atoms with van der Waals surface area (Å²) in [6.45, 7) is 8.48. The van der Waals surface area contributed by atoms with Gasteiger partial charge in [-0.25, -0.2) is 4.79 Å². The van der Waals surface area contributed by atoms with Crippen molar-refractivity contribution in [3.63, 3.8) is 0 Å². The second-order valence-corrected chi connectivity index (χ2v) is 6.94. The Morgan fingerprint density at radius 3 is 2.70 bits per heavy atom. The molecule has 0 saturated carbocycles. The Labute approximate surface area is 137 Å². The molecule has 6 nitrogen and oxygen atoms in total. The molecule has 0 radical (unpaired) electrons. The number of carbonyl (C=O) groups excluding carboxylic acids is 2. The largest absolute Gasteiger partial charge is 0.444 e. The van der Waals surface area contributed by atoms with Crippen LogP contribution in [0.5, 0.6) is 0 Å². The number of anilines is 2. The predicted molar refractivity (Wildman–Crippen MR) is 90.6 cm³/mol. The molecule has 1 aromatic rings. The van der Waals surface area contributed by atoms with Crippen molar-refractivity contribution in [2.24, 2.45) is 11.7 Å². The second-order valence-electron chi connectivity index (χ2n) is 6.94. The molecule has 1 aliphatic rings. The summed E-state index contributed by atoms with van der Waals surface area (Å²) in [6.07, 6.45) is -0.0421. The molecular formula is C17H25N3O3. The lowest BCUT2D eigenvalue weighted by molar-refractivity contribution is -0.117.